The molecule has 12 nitrogen and oxygen atoms in total. The van der Waals surface area contributed by atoms with E-state index in [4.69, 9.17) is 14.2 Å². The molecule has 11 rings (SSSR count). The molecule has 0 spiro atoms. The molecule has 0 amide bonds. The van der Waals surface area contributed by atoms with E-state index in [0.717, 1.165) is 11.1 Å². The largest absolute Gasteiger partial charge is 0.508 e. The zero-order valence-electron chi connectivity index (χ0n) is 35.8. The molecule has 2 aliphatic heterocycles. The Bertz CT molecular complexity index is 3250. The van der Waals surface area contributed by atoms with E-state index in [1.807, 2.05) is 24.3 Å². The summed E-state index contributed by atoms with van der Waals surface area (Å²) in [6.07, 6.45) is 1.45. The predicted molar refractivity (Wildman–Crippen MR) is 251 cm³/mol. The number of ether oxygens (including phenoxy) is 3. The maximum Gasteiger partial charge on any atom is 0.135 e. The first-order chi connectivity index (χ1) is 32.8. The Morgan fingerprint density at radius 3 is 1.47 bits per heavy atom. The van der Waals surface area contributed by atoms with Crippen LogP contribution in [0, 0.1) is 0 Å². The molecule has 338 valence electrons. The van der Waals surface area contributed by atoms with Crippen LogP contribution in [0.4, 0.5) is 0 Å². The van der Waals surface area contributed by atoms with E-state index in [2.05, 4.69) is 0 Å². The number of benzene rings is 8. The van der Waals surface area contributed by atoms with Gasteiger partial charge in [0.1, 0.15) is 87.3 Å². The lowest BCUT2D eigenvalue weighted by atomic mass is 9.80. The predicted octanol–water partition coefficient (Wildman–Crippen LogP) is 11.0. The highest BCUT2D eigenvalue weighted by molar-refractivity contribution is 5.76. The lowest BCUT2D eigenvalue weighted by molar-refractivity contribution is 0.184. The van der Waals surface area contributed by atoms with Crippen molar-refractivity contribution in [3.05, 3.63) is 213 Å². The molecule has 8 aromatic carbocycles. The van der Waals surface area contributed by atoms with Crippen molar-refractivity contribution in [1.82, 2.24) is 0 Å². The summed E-state index contributed by atoms with van der Waals surface area (Å²) >= 11 is 0. The number of hydrogen-bond donors (Lipinski definition) is 9. The van der Waals surface area contributed by atoms with Crippen molar-refractivity contribution in [3.63, 3.8) is 0 Å². The first-order valence-electron chi connectivity index (χ1n) is 21.8. The summed E-state index contributed by atoms with van der Waals surface area (Å²) in [5.74, 6) is -1.23. The minimum atomic E-state index is -0.923. The molecule has 3 aliphatic rings. The lowest BCUT2D eigenvalue weighted by Crippen LogP contribution is -2.19. The third kappa shape index (κ3) is 7.37. The van der Waals surface area contributed by atoms with Crippen LogP contribution in [0.1, 0.15) is 97.3 Å². The van der Waals surface area contributed by atoms with E-state index in [1.165, 1.54) is 24.3 Å². The van der Waals surface area contributed by atoms with Gasteiger partial charge in [-0.05, 0) is 118 Å². The van der Waals surface area contributed by atoms with Gasteiger partial charge in [0.2, 0.25) is 0 Å². The Balaban J connectivity index is 0.988. The molecule has 0 unspecified atom stereocenters. The zero-order valence-corrected chi connectivity index (χ0v) is 35.8. The third-order valence-electron chi connectivity index (χ3n) is 13.1. The lowest BCUT2D eigenvalue weighted by Gasteiger charge is -2.30. The number of aromatic hydroxyl groups is 9. The quantitative estimate of drug-likeness (QED) is 0.0652. The zero-order chi connectivity index (χ0) is 47.0. The molecule has 68 heavy (non-hydrogen) atoms. The van der Waals surface area contributed by atoms with Crippen LogP contribution in [0.5, 0.6) is 69.0 Å². The van der Waals surface area contributed by atoms with Crippen molar-refractivity contribution in [1.29, 1.82) is 0 Å². The second-order valence-corrected chi connectivity index (χ2v) is 17.4. The van der Waals surface area contributed by atoms with Gasteiger partial charge >= 0.3 is 0 Å². The SMILES string of the molecule is Oc1ccc([C@@H]2c3c(O)cc(O)cc3[C@@H]3c4c(cc(O)cc4[C@H]2Oc2ccc(/C=C\c4cc(O)cc5c4[C@@H](c4cc(O)cc(O)c4)[C@H](c4ccc(O)cc4)O5)cc2)O[C@H]3c2ccc(O)cc2)cc1. The molecular formula is C56H42O12. The van der Waals surface area contributed by atoms with Gasteiger partial charge in [-0.3, -0.25) is 0 Å². The summed E-state index contributed by atoms with van der Waals surface area (Å²) in [6.45, 7) is 0. The normalized spacial score (nSPS) is 19.9. The van der Waals surface area contributed by atoms with E-state index >= 15 is 0 Å². The Kier molecular flexibility index (Phi) is 9.96. The van der Waals surface area contributed by atoms with Gasteiger partial charge in [-0.25, -0.2) is 0 Å². The Morgan fingerprint density at radius 1 is 0.368 bits per heavy atom. The number of rotatable bonds is 8. The smallest absolute Gasteiger partial charge is 0.135 e. The average Bonchev–Trinajstić information content (AvgIpc) is 3.85. The first-order valence-corrected chi connectivity index (χ1v) is 21.8. The molecule has 1 aliphatic carbocycles. The molecule has 0 bridgehead atoms. The third-order valence-corrected chi connectivity index (χ3v) is 13.1. The molecule has 12 heteroatoms. The fourth-order valence-electron chi connectivity index (χ4n) is 10.2. The topological polar surface area (TPSA) is 210 Å². The summed E-state index contributed by atoms with van der Waals surface area (Å²) in [5.41, 5.74) is 7.05. The number of phenols is 9. The number of fused-ring (bicyclic) bond motifs is 3. The van der Waals surface area contributed by atoms with Gasteiger partial charge in [-0.15, -0.1) is 0 Å². The van der Waals surface area contributed by atoms with Gasteiger partial charge in [-0.2, -0.15) is 0 Å². The maximum atomic E-state index is 11.9. The molecular weight excluding hydrogens is 865 g/mol. The Hall–Kier alpha value is -8.90. The fourth-order valence-corrected chi connectivity index (χ4v) is 10.2. The maximum absolute atomic E-state index is 11.9. The minimum absolute atomic E-state index is 0.0355. The Morgan fingerprint density at radius 2 is 0.868 bits per heavy atom. The van der Waals surface area contributed by atoms with Crippen LogP contribution in [-0.4, -0.2) is 46.0 Å². The minimum Gasteiger partial charge on any atom is -0.508 e. The van der Waals surface area contributed by atoms with Gasteiger partial charge in [0.25, 0.3) is 0 Å². The van der Waals surface area contributed by atoms with Crippen molar-refractivity contribution in [3.8, 4) is 69.0 Å². The monoisotopic (exact) mass is 906 g/mol. The summed E-state index contributed by atoms with van der Waals surface area (Å²) in [4.78, 5) is 0. The molecule has 6 atom stereocenters. The molecule has 0 saturated heterocycles. The summed E-state index contributed by atoms with van der Waals surface area (Å²) in [7, 11) is 0. The molecule has 0 aromatic heterocycles. The first kappa shape index (κ1) is 41.8. The Labute approximate surface area is 389 Å². The fraction of sp³-hybridized carbons (Fsp3) is 0.107. The van der Waals surface area contributed by atoms with Gasteiger partial charge in [0, 0.05) is 46.5 Å². The van der Waals surface area contributed by atoms with Crippen LogP contribution in [0.3, 0.4) is 0 Å². The molecule has 8 aromatic rings. The second-order valence-electron chi connectivity index (χ2n) is 17.4. The van der Waals surface area contributed by atoms with Crippen molar-refractivity contribution in [2.24, 2.45) is 0 Å². The highest BCUT2D eigenvalue weighted by atomic mass is 16.5. The van der Waals surface area contributed by atoms with Crippen molar-refractivity contribution >= 4 is 12.2 Å². The second kappa shape index (κ2) is 16.2. The van der Waals surface area contributed by atoms with E-state index in [-0.39, 0.29) is 51.7 Å². The highest BCUT2D eigenvalue weighted by Crippen LogP contribution is 2.61. The van der Waals surface area contributed by atoms with Crippen LogP contribution in [0.15, 0.2) is 152 Å². The van der Waals surface area contributed by atoms with Crippen molar-refractivity contribution < 1.29 is 60.2 Å². The van der Waals surface area contributed by atoms with Crippen LogP contribution in [-0.2, 0) is 0 Å². The van der Waals surface area contributed by atoms with E-state index in [0.29, 0.717) is 67.3 Å². The van der Waals surface area contributed by atoms with Gasteiger partial charge in [0.05, 0.1) is 17.8 Å². The van der Waals surface area contributed by atoms with Crippen LogP contribution >= 0.6 is 0 Å². The van der Waals surface area contributed by atoms with Gasteiger partial charge in [-0.1, -0.05) is 60.7 Å². The van der Waals surface area contributed by atoms with Crippen LogP contribution in [0.25, 0.3) is 12.2 Å². The number of phenolic OH excluding ortho intramolecular Hbond substituents is 9. The van der Waals surface area contributed by atoms with Crippen LogP contribution < -0.4 is 14.2 Å². The molecule has 2 heterocycles. The van der Waals surface area contributed by atoms with Crippen molar-refractivity contribution in [2.45, 2.75) is 36.1 Å². The van der Waals surface area contributed by atoms with Gasteiger partial charge in [0.15, 0.2) is 0 Å². The van der Waals surface area contributed by atoms with Crippen molar-refractivity contribution in [2.75, 3.05) is 0 Å². The molecule has 0 saturated carbocycles. The standard InChI is InChI=1S/C56H42O12/c57-34-11-5-29(6-12-34)49-51-43(23-40(63)25-45(51)65)53-52-44(24-41(64)27-47(52)68-55(53)31-9-15-36(59)16-10-31)56(49)66-42-17-2-28(3-18-42)1-4-32-19-39(62)26-46-48(32)50(33-20-37(60)22-38(61)21-33)54(67-46)30-7-13-35(58)14-8-30/h1-27,49-50,53-65H/b4-1-/t49-,50-,53-,54+,55+,56-/m1/s1. The summed E-state index contributed by atoms with van der Waals surface area (Å²) in [6, 6.07) is 40.6. The van der Waals surface area contributed by atoms with E-state index < -0.39 is 36.1 Å². The van der Waals surface area contributed by atoms with Crippen LogP contribution in [0.2, 0.25) is 0 Å². The highest BCUT2D eigenvalue weighted by Gasteiger charge is 2.48. The summed E-state index contributed by atoms with van der Waals surface area (Å²) < 4.78 is 20.1. The molecule has 0 fully saturated rings. The summed E-state index contributed by atoms with van der Waals surface area (Å²) in [5, 5.41) is 96.8. The molecule has 9 N–H and O–H groups in total. The van der Waals surface area contributed by atoms with Gasteiger partial charge < -0.3 is 60.2 Å². The number of hydrogen-bond acceptors (Lipinski definition) is 12. The van der Waals surface area contributed by atoms with E-state index in [1.54, 1.807) is 115 Å². The molecule has 0 radical (unpaired) electrons. The average molecular weight is 907 g/mol. The van der Waals surface area contributed by atoms with E-state index in [9.17, 15) is 46.0 Å².